The molecule has 0 aromatic heterocycles. The van der Waals surface area contributed by atoms with Crippen LogP contribution in [0.3, 0.4) is 0 Å². The van der Waals surface area contributed by atoms with Gasteiger partial charge in [-0.1, -0.05) is 31.9 Å². The molecule has 0 radical (unpaired) electrons. The second-order valence-electron chi connectivity index (χ2n) is 7.54. The van der Waals surface area contributed by atoms with Crippen LogP contribution in [-0.4, -0.2) is 51.6 Å². The summed E-state index contributed by atoms with van der Waals surface area (Å²) in [5.41, 5.74) is 2.98. The minimum Gasteiger partial charge on any atom is -0.207 e. The lowest BCUT2D eigenvalue weighted by molar-refractivity contribution is 0.272. The van der Waals surface area contributed by atoms with Crippen molar-refractivity contribution in [3.63, 3.8) is 0 Å². The van der Waals surface area contributed by atoms with Crippen molar-refractivity contribution in [2.24, 2.45) is 0 Å². The van der Waals surface area contributed by atoms with Gasteiger partial charge in [0, 0.05) is 35.1 Å². The zero-order valence-corrected chi connectivity index (χ0v) is 22.0. The van der Waals surface area contributed by atoms with Crippen LogP contribution in [-0.2, 0) is 20.0 Å². The van der Waals surface area contributed by atoms with Crippen molar-refractivity contribution >= 4 is 51.9 Å². The van der Waals surface area contributed by atoms with Crippen LogP contribution >= 0.6 is 31.9 Å². The van der Waals surface area contributed by atoms with Crippen LogP contribution in [0.2, 0.25) is 0 Å². The summed E-state index contributed by atoms with van der Waals surface area (Å²) in [5.74, 6) is 0. The minimum atomic E-state index is -3.70. The molecule has 0 spiro atoms. The molecule has 2 aromatic carbocycles. The highest BCUT2D eigenvalue weighted by molar-refractivity contribution is 9.10. The van der Waals surface area contributed by atoms with Crippen LogP contribution in [0.15, 0.2) is 43.0 Å². The van der Waals surface area contributed by atoms with Crippen molar-refractivity contribution < 1.29 is 16.8 Å². The highest BCUT2D eigenvalue weighted by Gasteiger charge is 2.35. The predicted molar refractivity (Wildman–Crippen MR) is 125 cm³/mol. The fraction of sp³-hybridized carbons (Fsp3) is 0.400. The molecule has 1 heterocycles. The molecule has 10 heteroatoms. The lowest BCUT2D eigenvalue weighted by atomic mass is 10.2. The molecule has 0 aliphatic carbocycles. The molecule has 0 unspecified atom stereocenters. The molecule has 0 amide bonds. The lowest BCUT2D eigenvalue weighted by Crippen LogP contribution is -2.50. The van der Waals surface area contributed by atoms with Gasteiger partial charge in [-0.2, -0.15) is 8.61 Å². The number of benzene rings is 2. The van der Waals surface area contributed by atoms with Crippen molar-refractivity contribution in [1.29, 1.82) is 0 Å². The van der Waals surface area contributed by atoms with E-state index in [1.54, 1.807) is 38.1 Å². The van der Waals surface area contributed by atoms with E-state index in [1.807, 2.05) is 13.8 Å². The topological polar surface area (TPSA) is 74.8 Å². The zero-order valence-electron chi connectivity index (χ0n) is 17.2. The molecule has 1 fully saturated rings. The summed E-state index contributed by atoms with van der Waals surface area (Å²) >= 11 is 6.85. The Balaban J connectivity index is 1.84. The van der Waals surface area contributed by atoms with Crippen molar-refractivity contribution in [2.45, 2.75) is 37.5 Å². The average molecular weight is 580 g/mol. The molecule has 1 aliphatic rings. The van der Waals surface area contributed by atoms with Gasteiger partial charge in [0.15, 0.2) is 0 Å². The fourth-order valence-electron chi connectivity index (χ4n) is 3.49. The summed E-state index contributed by atoms with van der Waals surface area (Å²) in [6, 6.07) is 6.90. The summed E-state index contributed by atoms with van der Waals surface area (Å²) in [7, 11) is -7.40. The van der Waals surface area contributed by atoms with Crippen molar-refractivity contribution in [1.82, 2.24) is 8.61 Å². The Hall–Kier alpha value is -0.780. The number of aryl methyl sites for hydroxylation is 4. The highest BCUT2D eigenvalue weighted by atomic mass is 79.9. The van der Waals surface area contributed by atoms with Gasteiger partial charge in [-0.3, -0.25) is 0 Å². The highest BCUT2D eigenvalue weighted by Crippen LogP contribution is 2.30. The maximum absolute atomic E-state index is 13.2. The maximum Gasteiger partial charge on any atom is 0.243 e. The van der Waals surface area contributed by atoms with Crippen molar-refractivity contribution in [2.75, 3.05) is 26.2 Å². The quantitative estimate of drug-likeness (QED) is 0.545. The first-order chi connectivity index (χ1) is 13.9. The third kappa shape index (κ3) is 4.40. The number of hydrogen-bond donors (Lipinski definition) is 0. The first kappa shape index (κ1) is 23.9. The molecule has 0 N–H and O–H groups in total. The molecule has 164 valence electrons. The standard InChI is InChI=1S/C20H24Br2N2O4S2/c1-13-11-19(15(3)9-17(13)21)29(25,26)23-5-7-24(8-6-23)30(27,28)20-12-14(2)18(22)10-16(20)4/h9-12H,5-8H2,1-4H3. The van der Waals surface area contributed by atoms with Crippen LogP contribution in [0.1, 0.15) is 22.3 Å². The predicted octanol–water partition coefficient (Wildman–Crippen LogP) is 4.14. The molecule has 0 saturated carbocycles. The van der Waals surface area contributed by atoms with E-state index in [2.05, 4.69) is 31.9 Å². The van der Waals surface area contributed by atoms with E-state index in [4.69, 9.17) is 0 Å². The molecule has 1 saturated heterocycles. The Morgan fingerprint density at radius 3 is 1.20 bits per heavy atom. The summed E-state index contributed by atoms with van der Waals surface area (Å²) in [6.45, 7) is 7.67. The summed E-state index contributed by atoms with van der Waals surface area (Å²) in [6.07, 6.45) is 0. The Morgan fingerprint density at radius 1 is 0.600 bits per heavy atom. The number of piperazine rings is 1. The molecule has 6 nitrogen and oxygen atoms in total. The average Bonchev–Trinajstić information content (AvgIpc) is 2.67. The van der Waals surface area contributed by atoms with Crippen LogP contribution in [0.4, 0.5) is 0 Å². The second-order valence-corrected chi connectivity index (χ2v) is 13.1. The molecule has 30 heavy (non-hydrogen) atoms. The van der Waals surface area contributed by atoms with E-state index in [9.17, 15) is 16.8 Å². The second kappa shape index (κ2) is 8.63. The summed E-state index contributed by atoms with van der Waals surface area (Å²) in [4.78, 5) is 0.526. The van der Waals surface area contributed by atoms with Crippen molar-refractivity contribution in [3.8, 4) is 0 Å². The molecule has 0 atom stereocenters. The Kier molecular flexibility index (Phi) is 6.87. The van der Waals surface area contributed by atoms with Gasteiger partial charge in [-0.05, 0) is 74.2 Å². The van der Waals surface area contributed by atoms with Gasteiger partial charge in [-0.25, -0.2) is 16.8 Å². The SMILES string of the molecule is Cc1cc(S(=O)(=O)N2CCN(S(=O)(=O)c3cc(C)c(Br)cc3C)CC2)c(C)cc1Br. The maximum atomic E-state index is 13.2. The van der Waals surface area contributed by atoms with Gasteiger partial charge in [0.2, 0.25) is 20.0 Å². The number of sulfonamides is 2. The van der Waals surface area contributed by atoms with E-state index < -0.39 is 20.0 Å². The van der Waals surface area contributed by atoms with E-state index in [1.165, 1.54) is 8.61 Å². The molecule has 2 aromatic rings. The van der Waals surface area contributed by atoms with Crippen molar-refractivity contribution in [3.05, 3.63) is 55.5 Å². The van der Waals surface area contributed by atoms with Gasteiger partial charge < -0.3 is 0 Å². The Labute approximate surface area is 195 Å². The molecule has 3 rings (SSSR count). The number of hydrogen-bond acceptors (Lipinski definition) is 4. The smallest absolute Gasteiger partial charge is 0.207 e. The zero-order chi connectivity index (χ0) is 22.4. The van der Waals surface area contributed by atoms with Crippen LogP contribution in [0, 0.1) is 27.7 Å². The third-order valence-electron chi connectivity index (χ3n) is 5.35. The van der Waals surface area contributed by atoms with Gasteiger partial charge in [0.1, 0.15) is 0 Å². The third-order valence-corrected chi connectivity index (χ3v) is 11.1. The summed E-state index contributed by atoms with van der Waals surface area (Å²) < 4.78 is 57.1. The molecular formula is C20H24Br2N2O4S2. The van der Waals surface area contributed by atoms with Crippen LogP contribution < -0.4 is 0 Å². The van der Waals surface area contributed by atoms with E-state index >= 15 is 0 Å². The van der Waals surface area contributed by atoms with Gasteiger partial charge >= 0.3 is 0 Å². The normalized spacial score (nSPS) is 16.7. The summed E-state index contributed by atoms with van der Waals surface area (Å²) in [5, 5.41) is 0. The van der Waals surface area contributed by atoms with E-state index in [-0.39, 0.29) is 36.0 Å². The van der Waals surface area contributed by atoms with E-state index in [0.717, 1.165) is 20.1 Å². The monoisotopic (exact) mass is 578 g/mol. The van der Waals surface area contributed by atoms with Crippen LogP contribution in [0.5, 0.6) is 0 Å². The van der Waals surface area contributed by atoms with Gasteiger partial charge in [-0.15, -0.1) is 0 Å². The Morgan fingerprint density at radius 2 is 0.900 bits per heavy atom. The number of halogens is 2. The lowest BCUT2D eigenvalue weighted by Gasteiger charge is -2.34. The minimum absolute atomic E-state index is 0.116. The van der Waals surface area contributed by atoms with Gasteiger partial charge in [0.25, 0.3) is 0 Å². The first-order valence-corrected chi connectivity index (χ1v) is 13.9. The van der Waals surface area contributed by atoms with Gasteiger partial charge in [0.05, 0.1) is 9.79 Å². The fourth-order valence-corrected chi connectivity index (χ4v) is 7.84. The first-order valence-electron chi connectivity index (χ1n) is 9.39. The Bertz CT molecular complexity index is 1110. The molecular weight excluding hydrogens is 556 g/mol. The number of rotatable bonds is 4. The molecule has 0 bridgehead atoms. The number of nitrogens with zero attached hydrogens (tertiary/aromatic N) is 2. The van der Waals surface area contributed by atoms with Crippen LogP contribution in [0.25, 0.3) is 0 Å². The molecule has 1 aliphatic heterocycles. The van der Waals surface area contributed by atoms with E-state index in [0.29, 0.717) is 11.1 Å². The largest absolute Gasteiger partial charge is 0.243 e.